The monoisotopic (exact) mass is 295 g/mol. The van der Waals surface area contributed by atoms with E-state index in [4.69, 9.17) is 8.83 Å². The van der Waals surface area contributed by atoms with E-state index in [0.29, 0.717) is 30.1 Å². The van der Waals surface area contributed by atoms with Crippen LogP contribution in [0.3, 0.4) is 0 Å². The standard InChI is InChI=1S/C17H17N3O2/c1-2-6-13(7-3-1)14-8-4-10-20(14)12-16-18-19-17(22-16)15-9-5-11-21-15/h1-3,5-7,9,11,14H,4,8,10,12H2. The SMILES string of the molecule is c1ccc(C2CCCN2Cc2nnc(-c3ccco3)o2)cc1. The fourth-order valence-electron chi connectivity index (χ4n) is 3.06. The largest absolute Gasteiger partial charge is 0.459 e. The lowest BCUT2D eigenvalue weighted by Crippen LogP contribution is -2.22. The Balaban J connectivity index is 1.51. The molecule has 1 aliphatic heterocycles. The predicted molar refractivity (Wildman–Crippen MR) is 80.8 cm³/mol. The molecule has 0 radical (unpaired) electrons. The number of hydrogen-bond donors (Lipinski definition) is 0. The van der Waals surface area contributed by atoms with E-state index in [9.17, 15) is 0 Å². The van der Waals surface area contributed by atoms with E-state index in [2.05, 4.69) is 45.4 Å². The first-order chi connectivity index (χ1) is 10.9. The zero-order valence-electron chi connectivity index (χ0n) is 12.2. The highest BCUT2D eigenvalue weighted by Crippen LogP contribution is 2.33. The number of aromatic nitrogens is 2. The first-order valence-corrected chi connectivity index (χ1v) is 7.55. The molecule has 112 valence electrons. The zero-order valence-corrected chi connectivity index (χ0v) is 12.2. The van der Waals surface area contributed by atoms with Gasteiger partial charge in [-0.05, 0) is 37.1 Å². The van der Waals surface area contributed by atoms with Gasteiger partial charge in [0.2, 0.25) is 5.89 Å². The summed E-state index contributed by atoms with van der Waals surface area (Å²) in [4.78, 5) is 2.40. The smallest absolute Gasteiger partial charge is 0.283 e. The minimum Gasteiger partial charge on any atom is -0.459 e. The first-order valence-electron chi connectivity index (χ1n) is 7.55. The van der Waals surface area contributed by atoms with Crippen molar-refractivity contribution in [3.63, 3.8) is 0 Å². The number of benzene rings is 1. The summed E-state index contributed by atoms with van der Waals surface area (Å²) in [5.41, 5.74) is 1.35. The van der Waals surface area contributed by atoms with Gasteiger partial charge in [-0.15, -0.1) is 10.2 Å². The number of rotatable bonds is 4. The Kier molecular flexibility index (Phi) is 3.48. The minimum absolute atomic E-state index is 0.431. The van der Waals surface area contributed by atoms with Gasteiger partial charge in [0.1, 0.15) is 0 Å². The summed E-state index contributed by atoms with van der Waals surface area (Å²) in [6.07, 6.45) is 3.97. The first kappa shape index (κ1) is 13.3. The van der Waals surface area contributed by atoms with E-state index < -0.39 is 0 Å². The van der Waals surface area contributed by atoms with Crippen LogP contribution in [0.5, 0.6) is 0 Å². The van der Waals surface area contributed by atoms with Crippen LogP contribution in [-0.2, 0) is 6.54 Å². The minimum atomic E-state index is 0.431. The molecule has 1 aliphatic rings. The van der Waals surface area contributed by atoms with Crippen LogP contribution in [0, 0.1) is 0 Å². The molecule has 0 amide bonds. The molecule has 22 heavy (non-hydrogen) atoms. The average Bonchev–Trinajstić information content (AvgIpc) is 3.30. The molecule has 1 aromatic carbocycles. The van der Waals surface area contributed by atoms with Crippen molar-refractivity contribution in [2.24, 2.45) is 0 Å². The second-order valence-corrected chi connectivity index (χ2v) is 5.52. The fourth-order valence-corrected chi connectivity index (χ4v) is 3.06. The van der Waals surface area contributed by atoms with Crippen molar-refractivity contribution in [1.29, 1.82) is 0 Å². The molecule has 1 unspecified atom stereocenters. The molecule has 5 heteroatoms. The van der Waals surface area contributed by atoms with Gasteiger partial charge in [-0.25, -0.2) is 0 Å². The Labute approximate surface area is 128 Å². The van der Waals surface area contributed by atoms with Gasteiger partial charge < -0.3 is 8.83 Å². The molecule has 4 rings (SSSR count). The van der Waals surface area contributed by atoms with Crippen molar-refractivity contribution in [2.75, 3.05) is 6.54 Å². The third-order valence-corrected chi connectivity index (χ3v) is 4.09. The maximum absolute atomic E-state index is 5.72. The van der Waals surface area contributed by atoms with E-state index in [-0.39, 0.29) is 0 Å². The van der Waals surface area contributed by atoms with Gasteiger partial charge in [-0.3, -0.25) is 4.90 Å². The van der Waals surface area contributed by atoms with Crippen LogP contribution >= 0.6 is 0 Å². The van der Waals surface area contributed by atoms with Crippen LogP contribution < -0.4 is 0 Å². The molecule has 2 aromatic heterocycles. The van der Waals surface area contributed by atoms with Crippen LogP contribution in [-0.4, -0.2) is 21.6 Å². The van der Waals surface area contributed by atoms with Crippen LogP contribution in [0.25, 0.3) is 11.7 Å². The van der Waals surface area contributed by atoms with Crippen LogP contribution in [0.2, 0.25) is 0 Å². The van der Waals surface area contributed by atoms with Crippen molar-refractivity contribution in [1.82, 2.24) is 15.1 Å². The summed E-state index contributed by atoms with van der Waals surface area (Å²) in [5, 5.41) is 8.21. The van der Waals surface area contributed by atoms with Gasteiger partial charge in [0, 0.05) is 6.04 Å². The molecular weight excluding hydrogens is 278 g/mol. The third kappa shape index (κ3) is 2.55. The maximum Gasteiger partial charge on any atom is 0.283 e. The van der Waals surface area contributed by atoms with Crippen LogP contribution in [0.15, 0.2) is 57.6 Å². The van der Waals surface area contributed by atoms with Crippen molar-refractivity contribution in [2.45, 2.75) is 25.4 Å². The summed E-state index contributed by atoms with van der Waals surface area (Å²) in [5.74, 6) is 1.68. The normalized spacial score (nSPS) is 18.8. The molecule has 0 bridgehead atoms. The van der Waals surface area contributed by atoms with E-state index >= 15 is 0 Å². The van der Waals surface area contributed by atoms with Gasteiger partial charge in [0.15, 0.2) is 5.76 Å². The van der Waals surface area contributed by atoms with Gasteiger partial charge >= 0.3 is 0 Å². The predicted octanol–water partition coefficient (Wildman–Crippen LogP) is 3.67. The lowest BCUT2D eigenvalue weighted by molar-refractivity contribution is 0.224. The Morgan fingerprint density at radius 2 is 2.00 bits per heavy atom. The van der Waals surface area contributed by atoms with Crippen molar-refractivity contribution in [3.05, 3.63) is 60.2 Å². The fraction of sp³-hybridized carbons (Fsp3) is 0.294. The molecule has 1 fully saturated rings. The van der Waals surface area contributed by atoms with Gasteiger partial charge in [-0.2, -0.15) is 0 Å². The van der Waals surface area contributed by atoms with E-state index in [1.54, 1.807) is 6.26 Å². The topological polar surface area (TPSA) is 55.3 Å². The van der Waals surface area contributed by atoms with Crippen molar-refractivity contribution in [3.8, 4) is 11.7 Å². The second kappa shape index (κ2) is 5.77. The quantitative estimate of drug-likeness (QED) is 0.735. The lowest BCUT2D eigenvalue weighted by Gasteiger charge is -2.23. The number of furan rings is 1. The average molecular weight is 295 g/mol. The number of hydrogen-bond acceptors (Lipinski definition) is 5. The molecule has 1 atom stereocenters. The summed E-state index contributed by atoms with van der Waals surface area (Å²) in [7, 11) is 0. The summed E-state index contributed by atoms with van der Waals surface area (Å²) in [6.45, 7) is 1.73. The zero-order chi connectivity index (χ0) is 14.8. The maximum atomic E-state index is 5.72. The third-order valence-electron chi connectivity index (χ3n) is 4.09. The highest BCUT2D eigenvalue weighted by atomic mass is 16.4. The van der Waals surface area contributed by atoms with Gasteiger partial charge in [0.25, 0.3) is 5.89 Å². The highest BCUT2D eigenvalue weighted by Gasteiger charge is 2.27. The van der Waals surface area contributed by atoms with Crippen molar-refractivity contribution >= 4 is 0 Å². The Hall–Kier alpha value is -2.40. The number of likely N-dealkylation sites (tertiary alicyclic amines) is 1. The van der Waals surface area contributed by atoms with Crippen LogP contribution in [0.4, 0.5) is 0 Å². The molecule has 0 N–H and O–H groups in total. The highest BCUT2D eigenvalue weighted by molar-refractivity contribution is 5.42. The van der Waals surface area contributed by atoms with Crippen LogP contribution in [0.1, 0.15) is 30.3 Å². The number of nitrogens with zero attached hydrogens (tertiary/aromatic N) is 3. The molecule has 1 saturated heterocycles. The second-order valence-electron chi connectivity index (χ2n) is 5.52. The molecule has 5 nitrogen and oxygen atoms in total. The van der Waals surface area contributed by atoms with E-state index in [0.717, 1.165) is 6.54 Å². The summed E-state index contributed by atoms with van der Waals surface area (Å²) < 4.78 is 11.0. The van der Waals surface area contributed by atoms with E-state index in [1.165, 1.54) is 18.4 Å². The molecule has 0 spiro atoms. The summed E-state index contributed by atoms with van der Waals surface area (Å²) in [6, 6.07) is 14.7. The molecule has 0 aliphatic carbocycles. The van der Waals surface area contributed by atoms with E-state index in [1.807, 2.05) is 12.1 Å². The lowest BCUT2D eigenvalue weighted by atomic mass is 10.0. The molecule has 3 heterocycles. The van der Waals surface area contributed by atoms with Gasteiger partial charge in [-0.1, -0.05) is 30.3 Å². The Morgan fingerprint density at radius 3 is 2.82 bits per heavy atom. The summed E-state index contributed by atoms with van der Waals surface area (Å²) >= 11 is 0. The molecule has 3 aromatic rings. The molecular formula is C17H17N3O2. The Bertz CT molecular complexity index is 721. The van der Waals surface area contributed by atoms with Gasteiger partial charge in [0.05, 0.1) is 12.8 Å². The van der Waals surface area contributed by atoms with Crippen molar-refractivity contribution < 1.29 is 8.83 Å². The molecule has 0 saturated carbocycles. The Morgan fingerprint density at radius 1 is 1.09 bits per heavy atom.